The molecule has 0 bridgehead atoms. The summed E-state index contributed by atoms with van der Waals surface area (Å²) in [5, 5.41) is 20.7. The summed E-state index contributed by atoms with van der Waals surface area (Å²) in [5.41, 5.74) is 5.74. The van der Waals surface area contributed by atoms with E-state index in [0.717, 1.165) is 12.8 Å². The zero-order valence-electron chi connectivity index (χ0n) is 10.3. The number of hydrogen-bond donors (Lipinski definition) is 4. The second kappa shape index (κ2) is 7.65. The maximum absolute atomic E-state index is 11.7. The van der Waals surface area contributed by atoms with Crippen molar-refractivity contribution in [2.45, 2.75) is 52.0 Å². The lowest BCUT2D eigenvalue weighted by molar-refractivity contribution is -0.123. The molecule has 0 aromatic heterocycles. The Morgan fingerprint density at radius 3 is 2.38 bits per heavy atom. The predicted octanol–water partition coefficient (Wildman–Crippen LogP) is -0.343. The topological polar surface area (TPSA) is 95.6 Å². The summed E-state index contributed by atoms with van der Waals surface area (Å²) in [7, 11) is -1.53. The lowest BCUT2D eigenvalue weighted by atomic mass is 9.76. The third kappa shape index (κ3) is 4.96. The lowest BCUT2D eigenvalue weighted by Crippen LogP contribution is -2.53. The minimum atomic E-state index is -1.53. The number of rotatable bonds is 7. The number of amides is 1. The summed E-state index contributed by atoms with van der Waals surface area (Å²) in [5.74, 6) is -0.869. The molecular weight excluding hydrogens is 207 g/mol. The van der Waals surface area contributed by atoms with Crippen molar-refractivity contribution in [1.82, 2.24) is 5.32 Å². The molecule has 0 unspecified atom stereocenters. The quantitative estimate of drug-likeness (QED) is 0.450. The molecule has 5 nitrogen and oxygen atoms in total. The van der Waals surface area contributed by atoms with Gasteiger partial charge in [-0.25, -0.2) is 0 Å². The zero-order chi connectivity index (χ0) is 12.7. The van der Waals surface area contributed by atoms with Crippen LogP contribution in [0.3, 0.4) is 0 Å². The van der Waals surface area contributed by atoms with Gasteiger partial charge in [-0.05, 0) is 12.3 Å². The van der Waals surface area contributed by atoms with Gasteiger partial charge < -0.3 is 21.1 Å². The van der Waals surface area contributed by atoms with Crippen molar-refractivity contribution in [1.29, 1.82) is 0 Å². The van der Waals surface area contributed by atoms with Gasteiger partial charge in [0.1, 0.15) is 0 Å². The first kappa shape index (κ1) is 15.4. The van der Waals surface area contributed by atoms with Crippen molar-refractivity contribution in [3.8, 4) is 0 Å². The van der Waals surface area contributed by atoms with E-state index >= 15 is 0 Å². The first-order valence-electron chi connectivity index (χ1n) is 5.86. The van der Waals surface area contributed by atoms with Crippen LogP contribution in [0.5, 0.6) is 0 Å². The smallest absolute Gasteiger partial charge is 0.426 e. The molecule has 0 rings (SSSR count). The van der Waals surface area contributed by atoms with E-state index in [9.17, 15) is 4.79 Å². The lowest BCUT2D eigenvalue weighted by Gasteiger charge is -2.22. The van der Waals surface area contributed by atoms with Crippen LogP contribution in [0.2, 0.25) is 0 Å². The Morgan fingerprint density at radius 2 is 2.00 bits per heavy atom. The van der Waals surface area contributed by atoms with Crippen LogP contribution >= 0.6 is 0 Å². The minimum Gasteiger partial charge on any atom is -0.426 e. The Balaban J connectivity index is 4.28. The highest BCUT2D eigenvalue weighted by Gasteiger charge is 2.27. The van der Waals surface area contributed by atoms with Crippen LogP contribution in [0.15, 0.2) is 0 Å². The standard InChI is InChI=1S/C10H23BN2O3/c1-4-6-8(11(15)16)13-10(14)9(12)7(3)5-2/h7-9,15-16H,4-6,12H2,1-3H3,(H,13,14)/t7-,8+,9+/m1/s1. The van der Waals surface area contributed by atoms with Gasteiger partial charge in [-0.1, -0.05) is 33.6 Å². The summed E-state index contributed by atoms with van der Waals surface area (Å²) in [6.07, 6.45) is 2.10. The van der Waals surface area contributed by atoms with E-state index in [1.165, 1.54) is 0 Å². The Morgan fingerprint density at radius 1 is 1.44 bits per heavy atom. The van der Waals surface area contributed by atoms with Crippen molar-refractivity contribution < 1.29 is 14.8 Å². The van der Waals surface area contributed by atoms with Crippen molar-refractivity contribution in [2.75, 3.05) is 0 Å². The highest BCUT2D eigenvalue weighted by molar-refractivity contribution is 6.43. The Kier molecular flexibility index (Phi) is 7.37. The normalized spacial score (nSPS) is 16.4. The monoisotopic (exact) mass is 230 g/mol. The maximum atomic E-state index is 11.7. The van der Waals surface area contributed by atoms with E-state index in [0.29, 0.717) is 6.42 Å². The van der Waals surface area contributed by atoms with Crippen molar-refractivity contribution >= 4 is 13.0 Å². The second-order valence-corrected chi connectivity index (χ2v) is 4.23. The largest absolute Gasteiger partial charge is 0.475 e. The van der Waals surface area contributed by atoms with Crippen molar-refractivity contribution in [2.24, 2.45) is 11.7 Å². The van der Waals surface area contributed by atoms with Gasteiger partial charge in [-0.2, -0.15) is 0 Å². The van der Waals surface area contributed by atoms with Gasteiger partial charge in [0.05, 0.1) is 12.0 Å². The second-order valence-electron chi connectivity index (χ2n) is 4.23. The Bertz CT molecular complexity index is 214. The van der Waals surface area contributed by atoms with Crippen LogP contribution in [0.1, 0.15) is 40.0 Å². The molecule has 0 saturated heterocycles. The van der Waals surface area contributed by atoms with Crippen LogP contribution in [-0.4, -0.2) is 35.1 Å². The molecule has 0 aromatic rings. The molecule has 0 aliphatic rings. The van der Waals surface area contributed by atoms with E-state index < -0.39 is 19.1 Å². The van der Waals surface area contributed by atoms with Gasteiger partial charge in [-0.15, -0.1) is 0 Å². The molecule has 0 spiro atoms. The molecule has 94 valence electrons. The van der Waals surface area contributed by atoms with E-state index in [1.54, 1.807) is 0 Å². The molecule has 1 amide bonds. The van der Waals surface area contributed by atoms with Crippen LogP contribution < -0.4 is 11.1 Å². The molecule has 0 radical (unpaired) electrons. The van der Waals surface area contributed by atoms with Crippen molar-refractivity contribution in [3.05, 3.63) is 0 Å². The fraction of sp³-hybridized carbons (Fsp3) is 0.900. The zero-order valence-corrected chi connectivity index (χ0v) is 10.3. The summed E-state index contributed by atoms with van der Waals surface area (Å²) in [6.45, 7) is 5.77. The van der Waals surface area contributed by atoms with Gasteiger partial charge in [-0.3, -0.25) is 4.79 Å². The summed E-state index contributed by atoms with van der Waals surface area (Å²) in [4.78, 5) is 11.7. The molecular formula is C10H23BN2O3. The molecule has 0 aliphatic heterocycles. The Labute approximate surface area is 97.6 Å². The van der Waals surface area contributed by atoms with Gasteiger partial charge in [0.25, 0.3) is 0 Å². The highest BCUT2D eigenvalue weighted by Crippen LogP contribution is 2.06. The van der Waals surface area contributed by atoms with Gasteiger partial charge in [0, 0.05) is 0 Å². The number of nitrogens with two attached hydrogens (primary N) is 1. The molecule has 5 N–H and O–H groups in total. The summed E-state index contributed by atoms with van der Waals surface area (Å²) < 4.78 is 0. The van der Waals surface area contributed by atoms with Crippen LogP contribution in [0, 0.1) is 5.92 Å². The van der Waals surface area contributed by atoms with E-state index in [1.807, 2.05) is 20.8 Å². The molecule has 0 fully saturated rings. The third-order valence-corrected chi connectivity index (χ3v) is 2.85. The average molecular weight is 230 g/mol. The first-order valence-corrected chi connectivity index (χ1v) is 5.86. The average Bonchev–Trinajstić information content (AvgIpc) is 2.25. The van der Waals surface area contributed by atoms with Crippen molar-refractivity contribution in [3.63, 3.8) is 0 Å². The van der Waals surface area contributed by atoms with E-state index in [2.05, 4.69) is 5.32 Å². The number of carbonyl (C=O) groups excluding carboxylic acids is 1. The van der Waals surface area contributed by atoms with Gasteiger partial charge >= 0.3 is 7.12 Å². The minimum absolute atomic E-state index is 0.0816. The molecule has 0 aromatic carbocycles. The van der Waals surface area contributed by atoms with Gasteiger partial charge in [0.2, 0.25) is 5.91 Å². The maximum Gasteiger partial charge on any atom is 0.475 e. The van der Waals surface area contributed by atoms with E-state index in [-0.39, 0.29) is 11.8 Å². The number of carbonyl (C=O) groups is 1. The predicted molar refractivity (Wildman–Crippen MR) is 64.5 cm³/mol. The van der Waals surface area contributed by atoms with Crippen LogP contribution in [-0.2, 0) is 4.79 Å². The summed E-state index contributed by atoms with van der Waals surface area (Å²) >= 11 is 0. The van der Waals surface area contributed by atoms with E-state index in [4.69, 9.17) is 15.8 Å². The summed E-state index contributed by atoms with van der Waals surface area (Å²) in [6, 6.07) is -0.594. The number of hydrogen-bond acceptors (Lipinski definition) is 4. The third-order valence-electron chi connectivity index (χ3n) is 2.85. The van der Waals surface area contributed by atoms with Crippen LogP contribution in [0.4, 0.5) is 0 Å². The fourth-order valence-electron chi connectivity index (χ4n) is 1.40. The molecule has 16 heavy (non-hydrogen) atoms. The molecule has 6 heteroatoms. The molecule has 0 saturated carbocycles. The molecule has 0 aliphatic carbocycles. The van der Waals surface area contributed by atoms with Gasteiger partial charge in [0.15, 0.2) is 0 Å². The molecule has 3 atom stereocenters. The SMILES string of the molecule is CCC[C@H](NC(=O)[C@@H](N)[C@H](C)CC)B(O)O. The first-order chi connectivity index (χ1) is 7.43. The highest BCUT2D eigenvalue weighted by atomic mass is 16.4. The Hall–Kier alpha value is -0.585. The van der Waals surface area contributed by atoms with Crippen LogP contribution in [0.25, 0.3) is 0 Å². The number of nitrogens with one attached hydrogen (secondary N) is 1. The fourth-order valence-corrected chi connectivity index (χ4v) is 1.40. The molecule has 0 heterocycles.